The highest BCUT2D eigenvalue weighted by molar-refractivity contribution is 4.96. The predicted octanol–water partition coefficient (Wildman–Crippen LogP) is 1.31. The highest BCUT2D eigenvalue weighted by atomic mass is 19.3. The van der Waals surface area contributed by atoms with Crippen molar-refractivity contribution in [1.82, 2.24) is 5.32 Å². The van der Waals surface area contributed by atoms with Crippen LogP contribution < -0.4 is 5.32 Å². The monoisotopic (exact) mass is 235 g/mol. The van der Waals surface area contributed by atoms with E-state index in [1.54, 1.807) is 0 Å². The van der Waals surface area contributed by atoms with Gasteiger partial charge in [-0.1, -0.05) is 0 Å². The molecule has 1 saturated carbocycles. The minimum absolute atomic E-state index is 0.0234. The van der Waals surface area contributed by atoms with Gasteiger partial charge >= 0.3 is 0 Å². The van der Waals surface area contributed by atoms with Gasteiger partial charge in [0.1, 0.15) is 6.61 Å². The Hall–Kier alpha value is -0.260. The maximum Gasteiger partial charge on any atom is 0.282 e. The van der Waals surface area contributed by atoms with Crippen LogP contribution in [0.15, 0.2) is 0 Å². The standard InChI is InChI=1S/C11H19F2NO2/c12-11(13,8-15)7-14-9-2-5-16-10(6-9)3-1-4-10/h9,14-15H,1-8H2. The molecule has 1 atom stereocenters. The summed E-state index contributed by atoms with van der Waals surface area (Å²) < 4.78 is 31.4. The van der Waals surface area contributed by atoms with Crippen LogP contribution in [0.3, 0.4) is 0 Å². The predicted molar refractivity (Wildman–Crippen MR) is 55.6 cm³/mol. The molecule has 2 rings (SSSR count). The summed E-state index contributed by atoms with van der Waals surface area (Å²) in [5.41, 5.74) is -0.0234. The zero-order valence-corrected chi connectivity index (χ0v) is 9.35. The van der Waals surface area contributed by atoms with Gasteiger partial charge < -0.3 is 15.2 Å². The molecule has 2 aliphatic rings. The number of rotatable bonds is 4. The molecule has 3 nitrogen and oxygen atoms in total. The van der Waals surface area contributed by atoms with Crippen LogP contribution in [-0.2, 0) is 4.74 Å². The second-order valence-electron chi connectivity index (χ2n) is 4.97. The van der Waals surface area contributed by atoms with Crippen LogP contribution in [0.2, 0.25) is 0 Å². The third-order valence-corrected chi connectivity index (χ3v) is 3.64. The number of nitrogens with one attached hydrogen (secondary N) is 1. The van der Waals surface area contributed by atoms with Gasteiger partial charge in [-0.25, -0.2) is 8.78 Å². The first-order valence-corrected chi connectivity index (χ1v) is 5.91. The van der Waals surface area contributed by atoms with Crippen LogP contribution in [0.4, 0.5) is 8.78 Å². The molecule has 0 aromatic carbocycles. The van der Waals surface area contributed by atoms with Crippen LogP contribution in [0.1, 0.15) is 32.1 Å². The number of aliphatic hydroxyl groups is 1. The molecule has 5 heteroatoms. The minimum atomic E-state index is -3.01. The van der Waals surface area contributed by atoms with E-state index in [1.165, 1.54) is 6.42 Å². The van der Waals surface area contributed by atoms with E-state index >= 15 is 0 Å². The van der Waals surface area contributed by atoms with E-state index in [2.05, 4.69) is 5.32 Å². The number of ether oxygens (including phenoxy) is 1. The maximum absolute atomic E-state index is 12.9. The normalized spacial score (nSPS) is 29.1. The number of hydrogen-bond acceptors (Lipinski definition) is 3. The van der Waals surface area contributed by atoms with Crippen molar-refractivity contribution in [3.05, 3.63) is 0 Å². The zero-order chi connectivity index (χ0) is 11.6. The maximum atomic E-state index is 12.9. The molecule has 94 valence electrons. The van der Waals surface area contributed by atoms with Crippen LogP contribution >= 0.6 is 0 Å². The lowest BCUT2D eigenvalue weighted by Gasteiger charge is -2.47. The Labute approximate surface area is 94.2 Å². The molecule has 1 aliphatic carbocycles. The molecular formula is C11H19F2NO2. The van der Waals surface area contributed by atoms with Gasteiger partial charge in [0.15, 0.2) is 0 Å². The van der Waals surface area contributed by atoms with E-state index in [9.17, 15) is 8.78 Å². The largest absolute Gasteiger partial charge is 0.390 e. The molecule has 1 aliphatic heterocycles. The Bertz CT molecular complexity index is 244. The second kappa shape index (κ2) is 4.55. The molecule has 0 bridgehead atoms. The van der Waals surface area contributed by atoms with Gasteiger partial charge in [-0.3, -0.25) is 0 Å². The first-order chi connectivity index (χ1) is 7.55. The summed E-state index contributed by atoms with van der Waals surface area (Å²) in [7, 11) is 0. The Balaban J connectivity index is 1.77. The van der Waals surface area contributed by atoms with E-state index < -0.39 is 19.1 Å². The fourth-order valence-electron chi connectivity index (χ4n) is 2.47. The highest BCUT2D eigenvalue weighted by Crippen LogP contribution is 2.42. The highest BCUT2D eigenvalue weighted by Gasteiger charge is 2.43. The lowest BCUT2D eigenvalue weighted by atomic mass is 9.74. The molecule has 2 fully saturated rings. The molecule has 0 amide bonds. The fourth-order valence-corrected chi connectivity index (χ4v) is 2.47. The molecule has 16 heavy (non-hydrogen) atoms. The number of alkyl halides is 2. The lowest BCUT2D eigenvalue weighted by Crippen LogP contribution is -2.52. The molecule has 2 N–H and O–H groups in total. The van der Waals surface area contributed by atoms with Gasteiger partial charge in [0.05, 0.1) is 12.1 Å². The Morgan fingerprint density at radius 1 is 1.44 bits per heavy atom. The summed E-state index contributed by atoms with van der Waals surface area (Å²) in [5.74, 6) is -3.01. The summed E-state index contributed by atoms with van der Waals surface area (Å²) in [5, 5.41) is 11.3. The topological polar surface area (TPSA) is 41.5 Å². The lowest BCUT2D eigenvalue weighted by molar-refractivity contribution is -0.138. The van der Waals surface area contributed by atoms with Gasteiger partial charge in [0.2, 0.25) is 0 Å². The summed E-state index contributed by atoms with van der Waals surface area (Å²) in [6, 6.07) is 0.103. The van der Waals surface area contributed by atoms with Gasteiger partial charge in [0.25, 0.3) is 5.92 Å². The summed E-state index contributed by atoms with van der Waals surface area (Å²) in [4.78, 5) is 0. The summed E-state index contributed by atoms with van der Waals surface area (Å²) in [6.07, 6.45) is 4.90. The van der Waals surface area contributed by atoms with Crippen molar-refractivity contribution in [3.63, 3.8) is 0 Å². The summed E-state index contributed by atoms with van der Waals surface area (Å²) in [6.45, 7) is -0.874. The molecule has 1 spiro atoms. The Morgan fingerprint density at radius 3 is 2.75 bits per heavy atom. The molecule has 1 unspecified atom stereocenters. The molecule has 1 heterocycles. The SMILES string of the molecule is OCC(F)(F)CNC1CCOC2(CCC2)C1. The van der Waals surface area contributed by atoms with Gasteiger partial charge in [-0.15, -0.1) is 0 Å². The van der Waals surface area contributed by atoms with Gasteiger partial charge in [0, 0.05) is 12.6 Å². The van der Waals surface area contributed by atoms with E-state index in [4.69, 9.17) is 9.84 Å². The zero-order valence-electron chi connectivity index (χ0n) is 9.35. The Kier molecular flexibility index (Phi) is 3.47. The molecule has 1 saturated heterocycles. The van der Waals surface area contributed by atoms with Crippen molar-refractivity contribution in [2.75, 3.05) is 19.8 Å². The third-order valence-electron chi connectivity index (χ3n) is 3.64. The van der Waals surface area contributed by atoms with Gasteiger partial charge in [-0.2, -0.15) is 0 Å². The Morgan fingerprint density at radius 2 is 2.19 bits per heavy atom. The van der Waals surface area contributed by atoms with Crippen LogP contribution in [0.25, 0.3) is 0 Å². The second-order valence-corrected chi connectivity index (χ2v) is 4.97. The first kappa shape index (κ1) is 12.2. The molecule has 0 radical (unpaired) electrons. The van der Waals surface area contributed by atoms with Crippen LogP contribution in [0, 0.1) is 0 Å². The van der Waals surface area contributed by atoms with E-state index in [-0.39, 0.29) is 11.6 Å². The third kappa shape index (κ3) is 2.70. The average molecular weight is 235 g/mol. The van der Waals surface area contributed by atoms with Crippen molar-refractivity contribution in [1.29, 1.82) is 0 Å². The van der Waals surface area contributed by atoms with Gasteiger partial charge in [-0.05, 0) is 32.1 Å². The van der Waals surface area contributed by atoms with Crippen molar-refractivity contribution < 1.29 is 18.6 Å². The van der Waals surface area contributed by atoms with Crippen LogP contribution in [-0.4, -0.2) is 42.4 Å². The molecular weight excluding hydrogens is 216 g/mol. The van der Waals surface area contributed by atoms with E-state index in [0.717, 1.165) is 25.7 Å². The fraction of sp³-hybridized carbons (Fsp3) is 1.00. The van der Waals surface area contributed by atoms with Crippen molar-refractivity contribution in [3.8, 4) is 0 Å². The minimum Gasteiger partial charge on any atom is -0.390 e. The first-order valence-electron chi connectivity index (χ1n) is 5.91. The quantitative estimate of drug-likeness (QED) is 0.772. The number of halogens is 2. The van der Waals surface area contributed by atoms with Crippen molar-refractivity contribution in [2.24, 2.45) is 0 Å². The number of hydrogen-bond donors (Lipinski definition) is 2. The van der Waals surface area contributed by atoms with E-state index in [0.29, 0.717) is 6.61 Å². The van der Waals surface area contributed by atoms with Crippen LogP contribution in [0.5, 0.6) is 0 Å². The smallest absolute Gasteiger partial charge is 0.282 e. The van der Waals surface area contributed by atoms with Crippen molar-refractivity contribution in [2.45, 2.75) is 49.7 Å². The van der Waals surface area contributed by atoms with Crippen molar-refractivity contribution >= 4 is 0 Å². The molecule has 0 aromatic heterocycles. The summed E-state index contributed by atoms with van der Waals surface area (Å²) >= 11 is 0. The molecule has 0 aromatic rings. The number of aliphatic hydroxyl groups excluding tert-OH is 1. The van der Waals surface area contributed by atoms with E-state index in [1.807, 2.05) is 0 Å². The average Bonchev–Trinajstić information content (AvgIpc) is 2.25.